The average molecular weight is 382 g/mol. The van der Waals surface area contributed by atoms with Crippen molar-refractivity contribution in [3.63, 3.8) is 0 Å². The van der Waals surface area contributed by atoms with Crippen molar-refractivity contribution in [2.75, 3.05) is 12.9 Å². The molecule has 0 aliphatic heterocycles. The number of aromatic nitrogens is 3. The molecule has 140 valence electrons. The van der Waals surface area contributed by atoms with Crippen LogP contribution >= 0.6 is 11.8 Å². The van der Waals surface area contributed by atoms with Crippen LogP contribution in [-0.2, 0) is 17.9 Å². The number of ether oxygens (including phenoxy) is 1. The molecule has 3 rings (SSSR count). The Bertz CT molecular complexity index is 896. The molecule has 2 aromatic carbocycles. The van der Waals surface area contributed by atoms with Crippen LogP contribution in [0.5, 0.6) is 5.75 Å². The van der Waals surface area contributed by atoms with Gasteiger partial charge in [-0.15, -0.1) is 10.2 Å². The monoisotopic (exact) mass is 382 g/mol. The van der Waals surface area contributed by atoms with Gasteiger partial charge in [-0.05, 0) is 24.6 Å². The number of amides is 1. The summed E-state index contributed by atoms with van der Waals surface area (Å²) in [6, 6.07) is 17.6. The van der Waals surface area contributed by atoms with Crippen LogP contribution < -0.4 is 10.1 Å². The average Bonchev–Trinajstić information content (AvgIpc) is 3.14. The van der Waals surface area contributed by atoms with Gasteiger partial charge in [0.1, 0.15) is 5.75 Å². The number of thioether (sulfide) groups is 1. The van der Waals surface area contributed by atoms with Gasteiger partial charge in [0.25, 0.3) is 0 Å². The summed E-state index contributed by atoms with van der Waals surface area (Å²) in [4.78, 5) is 12.1. The fourth-order valence-electron chi connectivity index (χ4n) is 2.63. The number of nitrogens with zero attached hydrogens (tertiary/aromatic N) is 3. The summed E-state index contributed by atoms with van der Waals surface area (Å²) in [5.41, 5.74) is 2.01. The fourth-order valence-corrected chi connectivity index (χ4v) is 3.47. The molecule has 0 saturated heterocycles. The van der Waals surface area contributed by atoms with Crippen LogP contribution in [0.4, 0.5) is 0 Å². The Hall–Kier alpha value is -2.80. The molecule has 0 unspecified atom stereocenters. The van der Waals surface area contributed by atoms with Crippen LogP contribution in [0.25, 0.3) is 11.4 Å². The van der Waals surface area contributed by atoms with Gasteiger partial charge in [0, 0.05) is 18.7 Å². The number of benzene rings is 2. The first-order chi connectivity index (χ1) is 13.2. The zero-order chi connectivity index (χ0) is 19.1. The van der Waals surface area contributed by atoms with Gasteiger partial charge >= 0.3 is 0 Å². The van der Waals surface area contributed by atoms with Gasteiger partial charge in [-0.2, -0.15) is 0 Å². The second-order valence-corrected chi connectivity index (χ2v) is 6.78. The van der Waals surface area contributed by atoms with Crippen LogP contribution in [0.3, 0.4) is 0 Å². The first-order valence-electron chi connectivity index (χ1n) is 8.72. The number of carbonyl (C=O) groups excluding carboxylic acids is 1. The van der Waals surface area contributed by atoms with Crippen molar-refractivity contribution in [3.05, 3.63) is 60.2 Å². The Morgan fingerprint density at radius 1 is 1.15 bits per heavy atom. The lowest BCUT2D eigenvalue weighted by molar-refractivity contribution is -0.118. The largest absolute Gasteiger partial charge is 0.497 e. The Balaban J connectivity index is 1.63. The van der Waals surface area contributed by atoms with E-state index in [-0.39, 0.29) is 5.91 Å². The summed E-state index contributed by atoms with van der Waals surface area (Å²) in [7, 11) is 1.64. The smallest absolute Gasteiger partial charge is 0.230 e. The highest BCUT2D eigenvalue weighted by Crippen LogP contribution is 2.26. The van der Waals surface area contributed by atoms with E-state index in [4.69, 9.17) is 4.74 Å². The molecule has 0 bridgehead atoms. The highest BCUT2D eigenvalue weighted by Gasteiger charge is 2.15. The molecule has 1 heterocycles. The number of hydrogen-bond donors (Lipinski definition) is 1. The molecule has 1 amide bonds. The third-order valence-electron chi connectivity index (χ3n) is 4.03. The third-order valence-corrected chi connectivity index (χ3v) is 4.99. The molecule has 7 heteroatoms. The molecule has 0 atom stereocenters. The second kappa shape index (κ2) is 9.23. The third kappa shape index (κ3) is 4.89. The number of nitrogens with one attached hydrogen (secondary N) is 1. The summed E-state index contributed by atoms with van der Waals surface area (Å²) in [5.74, 6) is 1.80. The summed E-state index contributed by atoms with van der Waals surface area (Å²) in [6.07, 6.45) is 0. The van der Waals surface area contributed by atoms with Gasteiger partial charge in [0.2, 0.25) is 5.91 Å². The maximum atomic E-state index is 12.1. The van der Waals surface area contributed by atoms with Crippen LogP contribution in [0.15, 0.2) is 59.8 Å². The lowest BCUT2D eigenvalue weighted by atomic mass is 10.2. The van der Waals surface area contributed by atoms with Gasteiger partial charge < -0.3 is 14.6 Å². The lowest BCUT2D eigenvalue weighted by Crippen LogP contribution is -2.24. The Morgan fingerprint density at radius 3 is 2.70 bits per heavy atom. The molecule has 27 heavy (non-hydrogen) atoms. The van der Waals surface area contributed by atoms with Gasteiger partial charge in [-0.3, -0.25) is 4.79 Å². The van der Waals surface area contributed by atoms with Crippen molar-refractivity contribution < 1.29 is 9.53 Å². The molecule has 0 fully saturated rings. The predicted molar refractivity (Wildman–Crippen MR) is 107 cm³/mol. The van der Waals surface area contributed by atoms with Crippen molar-refractivity contribution >= 4 is 17.7 Å². The summed E-state index contributed by atoms with van der Waals surface area (Å²) in [5, 5.41) is 12.2. The number of carbonyl (C=O) groups is 1. The van der Waals surface area contributed by atoms with Crippen molar-refractivity contribution in [1.82, 2.24) is 20.1 Å². The number of methoxy groups -OCH3 is 1. The summed E-state index contributed by atoms with van der Waals surface area (Å²) in [6.45, 7) is 3.27. The highest BCUT2D eigenvalue weighted by atomic mass is 32.2. The minimum absolute atomic E-state index is 0.0302. The lowest BCUT2D eigenvalue weighted by Gasteiger charge is -2.09. The molecular formula is C20H22N4O2S. The number of rotatable bonds is 8. The van der Waals surface area contributed by atoms with Crippen LogP contribution in [0.2, 0.25) is 0 Å². The van der Waals surface area contributed by atoms with E-state index in [9.17, 15) is 4.79 Å². The molecule has 3 aromatic rings. The minimum Gasteiger partial charge on any atom is -0.497 e. The van der Waals surface area contributed by atoms with E-state index < -0.39 is 0 Å². The Morgan fingerprint density at radius 2 is 1.96 bits per heavy atom. The molecule has 0 saturated carbocycles. The number of hydrogen-bond acceptors (Lipinski definition) is 5. The second-order valence-electron chi connectivity index (χ2n) is 5.83. The van der Waals surface area contributed by atoms with E-state index in [1.807, 2.05) is 66.1 Å². The van der Waals surface area contributed by atoms with Crippen molar-refractivity contribution in [2.24, 2.45) is 0 Å². The van der Waals surface area contributed by atoms with Crippen LogP contribution in [0.1, 0.15) is 12.5 Å². The minimum atomic E-state index is -0.0302. The normalized spacial score (nSPS) is 10.6. The molecule has 0 aliphatic rings. The molecule has 0 aliphatic carbocycles. The first-order valence-corrected chi connectivity index (χ1v) is 9.71. The highest BCUT2D eigenvalue weighted by molar-refractivity contribution is 7.99. The van der Waals surface area contributed by atoms with E-state index in [2.05, 4.69) is 15.5 Å². The topological polar surface area (TPSA) is 69.0 Å². The van der Waals surface area contributed by atoms with Crippen molar-refractivity contribution in [3.8, 4) is 17.1 Å². The fraction of sp³-hybridized carbons (Fsp3) is 0.250. The van der Waals surface area contributed by atoms with E-state index in [0.29, 0.717) is 18.8 Å². The first kappa shape index (κ1) is 19.0. The molecule has 0 spiro atoms. The molecular weight excluding hydrogens is 360 g/mol. The molecule has 1 N–H and O–H groups in total. The summed E-state index contributed by atoms with van der Waals surface area (Å²) >= 11 is 1.39. The van der Waals surface area contributed by atoms with E-state index in [0.717, 1.165) is 27.9 Å². The summed E-state index contributed by atoms with van der Waals surface area (Å²) < 4.78 is 7.29. The van der Waals surface area contributed by atoms with E-state index in [1.165, 1.54) is 11.8 Å². The maximum Gasteiger partial charge on any atom is 0.230 e. The quantitative estimate of drug-likeness (QED) is 0.605. The van der Waals surface area contributed by atoms with Gasteiger partial charge in [0.15, 0.2) is 11.0 Å². The van der Waals surface area contributed by atoms with Gasteiger partial charge in [-0.25, -0.2) is 0 Å². The van der Waals surface area contributed by atoms with Crippen molar-refractivity contribution in [1.29, 1.82) is 0 Å². The van der Waals surface area contributed by atoms with E-state index in [1.54, 1.807) is 7.11 Å². The van der Waals surface area contributed by atoms with E-state index >= 15 is 0 Å². The SMILES string of the molecule is CCn1c(SCC(=O)NCc2ccccc2)nnc1-c1cccc(OC)c1. The van der Waals surface area contributed by atoms with Crippen molar-refractivity contribution in [2.45, 2.75) is 25.2 Å². The van der Waals surface area contributed by atoms with Crippen LogP contribution in [-0.4, -0.2) is 33.5 Å². The zero-order valence-electron chi connectivity index (χ0n) is 15.4. The standard InChI is InChI=1S/C20H22N4O2S/c1-3-24-19(16-10-7-11-17(12-16)26-2)22-23-20(24)27-14-18(25)21-13-15-8-5-4-6-9-15/h4-12H,3,13-14H2,1-2H3,(H,21,25). The Kier molecular flexibility index (Phi) is 6.49. The predicted octanol–water partition coefficient (Wildman–Crippen LogP) is 3.38. The zero-order valence-corrected chi connectivity index (χ0v) is 16.2. The Labute approximate surface area is 163 Å². The van der Waals surface area contributed by atoms with Gasteiger partial charge in [0.05, 0.1) is 12.9 Å². The molecule has 6 nitrogen and oxygen atoms in total. The molecule has 1 aromatic heterocycles. The van der Waals surface area contributed by atoms with Crippen LogP contribution in [0, 0.1) is 0 Å². The molecule has 0 radical (unpaired) electrons. The maximum absolute atomic E-state index is 12.1. The van der Waals surface area contributed by atoms with Gasteiger partial charge in [-0.1, -0.05) is 54.2 Å².